The van der Waals surface area contributed by atoms with Gasteiger partial charge in [-0.15, -0.1) is 0 Å². The number of aromatic nitrogens is 4. The van der Waals surface area contributed by atoms with Gasteiger partial charge in [0.15, 0.2) is 17.0 Å². The van der Waals surface area contributed by atoms with Crippen molar-refractivity contribution in [1.82, 2.24) is 19.5 Å². The summed E-state index contributed by atoms with van der Waals surface area (Å²) in [6, 6.07) is 9.02. The molecule has 2 fully saturated rings. The van der Waals surface area contributed by atoms with E-state index in [1.54, 1.807) is 18.5 Å². The first kappa shape index (κ1) is 30.0. The largest absolute Gasteiger partial charge is 0.414 e. The fourth-order valence-corrected chi connectivity index (χ4v) is 17.4. The summed E-state index contributed by atoms with van der Waals surface area (Å²) in [5, 5.41) is 2.88. The van der Waals surface area contributed by atoms with Crippen LogP contribution in [0, 0.1) is 0 Å². The van der Waals surface area contributed by atoms with Crippen LogP contribution in [-0.4, -0.2) is 61.4 Å². The Hall–Kier alpha value is -2.49. The van der Waals surface area contributed by atoms with E-state index in [9.17, 15) is 4.79 Å². The Kier molecular flexibility index (Phi) is 8.52. The number of nitrogens with zero attached hydrogens (tertiary/aromatic N) is 4. The van der Waals surface area contributed by atoms with Gasteiger partial charge in [-0.1, -0.05) is 73.6 Å². The van der Waals surface area contributed by atoms with E-state index in [0.717, 1.165) is 0 Å². The molecule has 5 rings (SSSR count). The van der Waals surface area contributed by atoms with Gasteiger partial charge in [0.1, 0.15) is 18.7 Å². The van der Waals surface area contributed by atoms with E-state index in [4.69, 9.17) is 17.7 Å². The van der Waals surface area contributed by atoms with Crippen LogP contribution < -0.4 is 5.32 Å². The zero-order valence-corrected chi connectivity index (χ0v) is 27.3. The number of nitrogens with one attached hydrogen (secondary N) is 1. The van der Waals surface area contributed by atoms with Gasteiger partial charge in [-0.2, -0.15) is 0 Å². The Labute approximate surface area is 244 Å². The van der Waals surface area contributed by atoms with Crippen molar-refractivity contribution in [3.63, 3.8) is 0 Å². The van der Waals surface area contributed by atoms with Crippen molar-refractivity contribution >= 4 is 40.0 Å². The quantitative estimate of drug-likeness (QED) is 0.315. The normalized spacial score (nSPS) is 24.1. The minimum atomic E-state index is -2.74. The monoisotopic (exact) mass is 597 g/mol. The molecule has 41 heavy (non-hydrogen) atoms. The Balaban J connectivity index is 1.45. The predicted molar refractivity (Wildman–Crippen MR) is 162 cm³/mol. The van der Waals surface area contributed by atoms with Crippen molar-refractivity contribution in [3.05, 3.63) is 48.5 Å². The number of fused-ring (bicyclic) bond motifs is 2. The van der Waals surface area contributed by atoms with Gasteiger partial charge < -0.3 is 23.0 Å². The summed E-state index contributed by atoms with van der Waals surface area (Å²) in [5.41, 5.74) is 2.65. The summed E-state index contributed by atoms with van der Waals surface area (Å²) in [5.74, 6) is 0.100. The summed E-state index contributed by atoms with van der Waals surface area (Å²) in [6.45, 7) is 18.2. The first-order valence-electron chi connectivity index (χ1n) is 14.7. The van der Waals surface area contributed by atoms with E-state index in [1.807, 2.05) is 22.8 Å². The molecule has 3 atom stereocenters. The van der Waals surface area contributed by atoms with E-state index in [-0.39, 0.29) is 46.5 Å². The molecule has 0 unspecified atom stereocenters. The second-order valence-corrected chi connectivity index (χ2v) is 21.2. The lowest BCUT2D eigenvalue weighted by atomic mass is 10.2. The van der Waals surface area contributed by atoms with Gasteiger partial charge in [0.05, 0.1) is 19.0 Å². The highest BCUT2D eigenvalue weighted by Gasteiger charge is 2.60. The van der Waals surface area contributed by atoms with Crippen LogP contribution in [0.3, 0.4) is 0 Å². The maximum atomic E-state index is 12.8. The Bertz CT molecular complexity index is 1350. The van der Waals surface area contributed by atoms with Crippen molar-refractivity contribution in [2.75, 3.05) is 11.9 Å². The molecule has 222 valence electrons. The summed E-state index contributed by atoms with van der Waals surface area (Å²) >= 11 is 0. The molecule has 2 saturated heterocycles. The maximum Gasteiger partial charge on any atom is 0.335 e. The van der Waals surface area contributed by atoms with E-state index in [1.165, 1.54) is 6.33 Å². The van der Waals surface area contributed by atoms with E-state index < -0.39 is 17.1 Å². The minimum absolute atomic E-state index is 0.181. The maximum absolute atomic E-state index is 12.8. The van der Waals surface area contributed by atoms with E-state index in [0.29, 0.717) is 35.6 Å². The van der Waals surface area contributed by atoms with Gasteiger partial charge >= 0.3 is 17.1 Å². The molecule has 3 aromatic rings. The van der Waals surface area contributed by atoms with Crippen molar-refractivity contribution < 1.29 is 22.5 Å². The van der Waals surface area contributed by atoms with E-state index in [2.05, 4.69) is 75.7 Å². The second kappa shape index (κ2) is 11.7. The summed E-state index contributed by atoms with van der Waals surface area (Å²) in [6.07, 6.45) is 2.98. The lowest BCUT2D eigenvalue weighted by molar-refractivity contribution is -0.0544. The highest BCUT2D eigenvalue weighted by Crippen LogP contribution is 2.48. The molecule has 1 amide bonds. The third-order valence-electron chi connectivity index (χ3n) is 8.46. The molecule has 4 heterocycles. The number of rotatable bonds is 7. The zero-order valence-electron chi connectivity index (χ0n) is 25.3. The molecule has 1 N–H and O–H groups in total. The molecule has 2 aliphatic rings. The number of benzene rings is 1. The average molecular weight is 598 g/mol. The molecule has 0 radical (unpaired) electrons. The number of hydrogen-bond donors (Lipinski definition) is 1. The molecule has 0 aliphatic carbocycles. The Morgan fingerprint density at radius 1 is 0.902 bits per heavy atom. The van der Waals surface area contributed by atoms with E-state index >= 15 is 0 Å². The van der Waals surface area contributed by atoms with Crippen molar-refractivity contribution in [1.29, 1.82) is 0 Å². The van der Waals surface area contributed by atoms with Crippen LogP contribution in [0.1, 0.15) is 78.4 Å². The van der Waals surface area contributed by atoms with Gasteiger partial charge in [0.2, 0.25) is 0 Å². The van der Waals surface area contributed by atoms with Crippen LogP contribution in [0.2, 0.25) is 22.2 Å². The molecule has 10 nitrogen and oxygen atoms in total. The number of imidazole rings is 1. The molecular formula is C29H43N5O5Si2. The van der Waals surface area contributed by atoms with Crippen LogP contribution in [0.5, 0.6) is 0 Å². The van der Waals surface area contributed by atoms with Crippen LogP contribution in [0.4, 0.5) is 5.82 Å². The van der Waals surface area contributed by atoms with Gasteiger partial charge in [0.25, 0.3) is 5.91 Å². The molecule has 0 spiro atoms. The molecular weight excluding hydrogens is 555 g/mol. The van der Waals surface area contributed by atoms with Crippen molar-refractivity contribution in [3.8, 4) is 0 Å². The topological polar surface area (TPSA) is 110 Å². The van der Waals surface area contributed by atoms with Crippen LogP contribution in [0.25, 0.3) is 11.2 Å². The van der Waals surface area contributed by atoms with Crippen LogP contribution in [-0.2, 0) is 17.7 Å². The van der Waals surface area contributed by atoms with Gasteiger partial charge in [-0.05, 0) is 34.3 Å². The number of hydrogen-bond acceptors (Lipinski definition) is 8. The van der Waals surface area contributed by atoms with Crippen LogP contribution >= 0.6 is 0 Å². The number of anilines is 1. The summed E-state index contributed by atoms with van der Waals surface area (Å²) < 4.78 is 29.9. The molecule has 0 saturated carbocycles. The number of carbonyl (C=O) groups is 1. The fourth-order valence-electron chi connectivity index (χ4n) is 6.23. The third-order valence-corrected chi connectivity index (χ3v) is 18.7. The van der Waals surface area contributed by atoms with Crippen molar-refractivity contribution in [2.45, 2.75) is 102 Å². The molecule has 2 aromatic heterocycles. The first-order valence-corrected chi connectivity index (χ1v) is 18.6. The Morgan fingerprint density at radius 3 is 2.20 bits per heavy atom. The van der Waals surface area contributed by atoms with Gasteiger partial charge in [0, 0.05) is 12.0 Å². The Morgan fingerprint density at radius 2 is 1.56 bits per heavy atom. The standard InChI is InChI=1S/C29H43N5O5Si2/c1-18(2)40(19(3)4)36-15-24-23(38-41(39-40,20(5)6)21(7)8)14-25(37-24)34-17-32-26-27(30-16-31-28(26)34)33-29(35)22-12-10-9-11-13-22/h9-13,16-21,23-25H,14-15H2,1-8H3,(H,30,31,33,35)/t23-,24+,25+/m0/s1. The summed E-state index contributed by atoms with van der Waals surface area (Å²) in [4.78, 5) is 26.2. The lowest BCUT2D eigenvalue weighted by Gasteiger charge is -2.51. The predicted octanol–water partition coefficient (Wildman–Crippen LogP) is 6.32. The van der Waals surface area contributed by atoms with Gasteiger partial charge in [-0.3, -0.25) is 9.36 Å². The molecule has 12 heteroatoms. The first-order chi connectivity index (χ1) is 19.5. The smallest absolute Gasteiger partial charge is 0.335 e. The number of amides is 1. The minimum Gasteiger partial charge on any atom is -0.414 e. The highest BCUT2D eigenvalue weighted by molar-refractivity contribution is 6.84. The zero-order chi connectivity index (χ0) is 29.5. The lowest BCUT2D eigenvalue weighted by Crippen LogP contribution is -2.65. The highest BCUT2D eigenvalue weighted by atomic mass is 28.5. The van der Waals surface area contributed by atoms with Gasteiger partial charge in [-0.25, -0.2) is 15.0 Å². The second-order valence-electron chi connectivity index (χ2n) is 12.4. The average Bonchev–Trinajstić information content (AvgIpc) is 3.53. The molecule has 1 aromatic carbocycles. The SMILES string of the molecule is CC(C)[Si]1(C(C)C)OC[C@H]2O[C@@H](n3cnc4c(NC(=O)c5ccccc5)ncnc43)C[C@@H]2O[Si](C(C)C)(C(C)C)O1. The fraction of sp³-hybridized carbons (Fsp3) is 0.586. The van der Waals surface area contributed by atoms with Crippen molar-refractivity contribution in [2.24, 2.45) is 0 Å². The molecule has 0 bridgehead atoms. The number of carbonyl (C=O) groups excluding carboxylic acids is 1. The number of ether oxygens (including phenoxy) is 1. The third kappa shape index (κ3) is 5.41. The summed E-state index contributed by atoms with van der Waals surface area (Å²) in [7, 11) is -5.38. The van der Waals surface area contributed by atoms with Crippen LogP contribution in [0.15, 0.2) is 43.0 Å². The molecule has 2 aliphatic heterocycles.